The first kappa shape index (κ1) is 15.7. The number of carbonyl (C=O) groups excluding carboxylic acids is 1. The summed E-state index contributed by atoms with van der Waals surface area (Å²) in [4.78, 5) is 14.6. The van der Waals surface area contributed by atoms with Crippen LogP contribution in [0.1, 0.15) is 23.2 Å². The van der Waals surface area contributed by atoms with Gasteiger partial charge in [-0.15, -0.1) is 0 Å². The molecule has 1 amide bonds. The molecule has 0 saturated carbocycles. The number of amides is 1. The summed E-state index contributed by atoms with van der Waals surface area (Å²) in [6.45, 7) is 2.00. The van der Waals surface area contributed by atoms with Crippen LogP contribution in [0.2, 0.25) is 0 Å². The molecular formula is C19H21FN2O. The largest absolute Gasteiger partial charge is 0.348 e. The molecule has 0 unspecified atom stereocenters. The van der Waals surface area contributed by atoms with Crippen molar-refractivity contribution >= 4 is 5.91 Å². The molecule has 23 heavy (non-hydrogen) atoms. The van der Waals surface area contributed by atoms with Gasteiger partial charge < -0.3 is 10.2 Å². The average molecular weight is 312 g/mol. The number of nitrogens with one attached hydrogen (secondary N) is 1. The van der Waals surface area contributed by atoms with Gasteiger partial charge in [-0.05, 0) is 61.8 Å². The first-order valence-electron chi connectivity index (χ1n) is 7.97. The molecule has 0 radical (unpaired) electrons. The Morgan fingerprint density at radius 2 is 1.70 bits per heavy atom. The number of nitrogens with zero attached hydrogens (tertiary/aromatic N) is 1. The van der Waals surface area contributed by atoms with Crippen LogP contribution >= 0.6 is 0 Å². The van der Waals surface area contributed by atoms with E-state index in [4.69, 9.17) is 0 Å². The number of halogens is 1. The van der Waals surface area contributed by atoms with Crippen molar-refractivity contribution in [2.24, 2.45) is 0 Å². The van der Waals surface area contributed by atoms with Crippen molar-refractivity contribution in [1.82, 2.24) is 10.2 Å². The molecule has 3 rings (SSSR count). The third-order valence-corrected chi connectivity index (χ3v) is 4.28. The lowest BCUT2D eigenvalue weighted by Crippen LogP contribution is -2.46. The molecular weight excluding hydrogens is 291 g/mol. The zero-order valence-corrected chi connectivity index (χ0v) is 13.3. The maximum atomic E-state index is 13.0. The van der Waals surface area contributed by atoms with Crippen molar-refractivity contribution in [3.05, 3.63) is 59.9 Å². The monoisotopic (exact) mass is 312 g/mol. The van der Waals surface area contributed by atoms with Gasteiger partial charge in [0.15, 0.2) is 0 Å². The second-order valence-electron chi connectivity index (χ2n) is 6.16. The average Bonchev–Trinajstić information content (AvgIpc) is 2.56. The smallest absolute Gasteiger partial charge is 0.251 e. The molecule has 2 aromatic rings. The summed E-state index contributed by atoms with van der Waals surface area (Å²) in [6.07, 6.45) is 2.15. The van der Waals surface area contributed by atoms with Gasteiger partial charge in [-0.2, -0.15) is 0 Å². The second kappa shape index (κ2) is 6.92. The molecule has 4 heteroatoms. The van der Waals surface area contributed by atoms with E-state index in [1.807, 2.05) is 24.3 Å². The van der Waals surface area contributed by atoms with Crippen molar-refractivity contribution in [3.63, 3.8) is 0 Å². The van der Waals surface area contributed by atoms with E-state index in [-0.39, 0.29) is 17.8 Å². The molecule has 0 bridgehead atoms. The Labute approximate surface area is 136 Å². The van der Waals surface area contributed by atoms with Crippen LogP contribution in [0.4, 0.5) is 4.39 Å². The molecule has 0 aliphatic carbocycles. The summed E-state index contributed by atoms with van der Waals surface area (Å²) in [7, 11) is 2.08. The lowest BCUT2D eigenvalue weighted by molar-refractivity contribution is 0.0912. The number of likely N-dealkylation sites (tertiary alicyclic amines) is 1. The highest BCUT2D eigenvalue weighted by molar-refractivity contribution is 5.94. The van der Waals surface area contributed by atoms with E-state index >= 15 is 0 Å². The molecule has 120 valence electrons. The summed E-state index contributed by atoms with van der Waals surface area (Å²) in [5.74, 6) is -0.279. The molecule has 0 aromatic heterocycles. The summed E-state index contributed by atoms with van der Waals surface area (Å²) in [5.41, 5.74) is 2.57. The van der Waals surface area contributed by atoms with Crippen molar-refractivity contribution in [1.29, 1.82) is 0 Å². The predicted octanol–water partition coefficient (Wildman–Crippen LogP) is 3.32. The van der Waals surface area contributed by atoms with Crippen LogP contribution in [-0.2, 0) is 0 Å². The third-order valence-electron chi connectivity index (χ3n) is 4.28. The Morgan fingerprint density at radius 3 is 2.30 bits per heavy atom. The van der Waals surface area contributed by atoms with Crippen molar-refractivity contribution < 1.29 is 9.18 Å². The number of likely N-dealkylation sites (N-methyl/N-ethyl adjacent to an activating group) is 1. The van der Waals surface area contributed by atoms with Crippen LogP contribution in [0.3, 0.4) is 0 Å². The molecule has 1 aliphatic heterocycles. The first-order valence-corrected chi connectivity index (χ1v) is 7.97. The number of hydrogen-bond acceptors (Lipinski definition) is 2. The van der Waals surface area contributed by atoms with E-state index in [0.29, 0.717) is 5.56 Å². The molecule has 2 aromatic carbocycles. The van der Waals surface area contributed by atoms with Gasteiger partial charge in [-0.1, -0.05) is 24.3 Å². The normalized spacial score (nSPS) is 18.6. The fraction of sp³-hybridized carbons (Fsp3) is 0.316. The van der Waals surface area contributed by atoms with E-state index in [0.717, 1.165) is 37.1 Å². The zero-order chi connectivity index (χ0) is 16.2. The molecule has 0 spiro atoms. The van der Waals surface area contributed by atoms with Crippen LogP contribution in [0.5, 0.6) is 0 Å². The molecule has 1 atom stereocenters. The Hall–Kier alpha value is -2.20. The van der Waals surface area contributed by atoms with Crippen LogP contribution in [0, 0.1) is 5.82 Å². The van der Waals surface area contributed by atoms with Crippen molar-refractivity contribution in [3.8, 4) is 11.1 Å². The van der Waals surface area contributed by atoms with E-state index in [1.54, 1.807) is 12.1 Å². The molecule has 3 nitrogen and oxygen atoms in total. The van der Waals surface area contributed by atoms with Gasteiger partial charge in [0.1, 0.15) is 5.82 Å². The lowest BCUT2D eigenvalue weighted by Gasteiger charge is -2.30. The standard InChI is InChI=1S/C19H21FN2O/c1-22-12-2-3-18(13-22)21-19(23)16-6-4-14(5-7-16)15-8-10-17(20)11-9-15/h4-11,18H,2-3,12-13H2,1H3,(H,21,23)/t18-/m1/s1. The van der Waals surface area contributed by atoms with Gasteiger partial charge in [0.05, 0.1) is 0 Å². The molecule has 1 aliphatic rings. The van der Waals surface area contributed by atoms with Crippen LogP contribution in [-0.4, -0.2) is 37.0 Å². The van der Waals surface area contributed by atoms with Crippen LogP contribution in [0.15, 0.2) is 48.5 Å². The van der Waals surface area contributed by atoms with Gasteiger partial charge >= 0.3 is 0 Å². The van der Waals surface area contributed by atoms with Gasteiger partial charge in [-0.3, -0.25) is 4.79 Å². The maximum Gasteiger partial charge on any atom is 0.251 e. The van der Waals surface area contributed by atoms with Gasteiger partial charge in [0.2, 0.25) is 0 Å². The molecule has 1 N–H and O–H groups in total. The summed E-state index contributed by atoms with van der Waals surface area (Å²) in [5, 5.41) is 3.10. The topological polar surface area (TPSA) is 32.3 Å². The number of carbonyl (C=O) groups is 1. The van der Waals surface area contributed by atoms with E-state index < -0.39 is 0 Å². The van der Waals surface area contributed by atoms with Crippen LogP contribution < -0.4 is 5.32 Å². The minimum Gasteiger partial charge on any atom is -0.348 e. The third kappa shape index (κ3) is 3.96. The number of piperidine rings is 1. The Morgan fingerprint density at radius 1 is 1.09 bits per heavy atom. The Balaban J connectivity index is 1.66. The number of hydrogen-bond donors (Lipinski definition) is 1. The van der Waals surface area contributed by atoms with Gasteiger partial charge in [0, 0.05) is 18.2 Å². The fourth-order valence-corrected chi connectivity index (χ4v) is 3.01. The van der Waals surface area contributed by atoms with Crippen LogP contribution in [0.25, 0.3) is 11.1 Å². The Bertz CT molecular complexity index is 667. The van der Waals surface area contributed by atoms with E-state index in [2.05, 4.69) is 17.3 Å². The second-order valence-corrected chi connectivity index (χ2v) is 6.16. The lowest BCUT2D eigenvalue weighted by atomic mass is 10.0. The maximum absolute atomic E-state index is 13.0. The SMILES string of the molecule is CN1CCC[C@@H](NC(=O)c2ccc(-c3ccc(F)cc3)cc2)C1. The minimum atomic E-state index is -0.248. The van der Waals surface area contributed by atoms with Gasteiger partial charge in [0.25, 0.3) is 5.91 Å². The van der Waals surface area contributed by atoms with E-state index in [1.165, 1.54) is 12.1 Å². The zero-order valence-electron chi connectivity index (χ0n) is 13.3. The quantitative estimate of drug-likeness (QED) is 0.943. The number of rotatable bonds is 3. The highest BCUT2D eigenvalue weighted by Crippen LogP contribution is 2.20. The van der Waals surface area contributed by atoms with Crippen molar-refractivity contribution in [2.45, 2.75) is 18.9 Å². The highest BCUT2D eigenvalue weighted by Gasteiger charge is 2.19. The minimum absolute atomic E-state index is 0.0315. The Kier molecular flexibility index (Phi) is 4.72. The fourth-order valence-electron chi connectivity index (χ4n) is 3.01. The molecule has 1 fully saturated rings. The summed E-state index contributed by atoms with van der Waals surface area (Å²) >= 11 is 0. The van der Waals surface area contributed by atoms with Gasteiger partial charge in [-0.25, -0.2) is 4.39 Å². The predicted molar refractivity (Wildman–Crippen MR) is 89.8 cm³/mol. The summed E-state index contributed by atoms with van der Waals surface area (Å²) < 4.78 is 13.0. The summed E-state index contributed by atoms with van der Waals surface area (Å²) in [6, 6.07) is 14.0. The molecule has 1 heterocycles. The van der Waals surface area contributed by atoms with E-state index in [9.17, 15) is 9.18 Å². The highest BCUT2D eigenvalue weighted by atomic mass is 19.1. The first-order chi connectivity index (χ1) is 11.1. The van der Waals surface area contributed by atoms with Crippen molar-refractivity contribution in [2.75, 3.05) is 20.1 Å². The molecule has 1 saturated heterocycles. The number of benzene rings is 2.